The van der Waals surface area contributed by atoms with Crippen molar-refractivity contribution >= 4 is 11.6 Å². The Labute approximate surface area is 114 Å². The number of amides is 1. The number of para-hydroxylation sites is 1. The topological polar surface area (TPSA) is 60.5 Å². The number of hydrogen-bond acceptors (Lipinski definition) is 4. The Bertz CT molecular complexity index is 661. The SMILES string of the molecule is O=C1COc2cccc(OCc3cncc(F)c3)c2N1. The summed E-state index contributed by atoms with van der Waals surface area (Å²) in [4.78, 5) is 15.1. The molecule has 3 rings (SSSR count). The van der Waals surface area contributed by atoms with E-state index >= 15 is 0 Å². The lowest BCUT2D eigenvalue weighted by Gasteiger charge is -2.20. The molecule has 0 aliphatic carbocycles. The lowest BCUT2D eigenvalue weighted by atomic mass is 10.2. The molecular weight excluding hydrogens is 263 g/mol. The van der Waals surface area contributed by atoms with Crippen LogP contribution >= 0.6 is 0 Å². The molecule has 6 heteroatoms. The van der Waals surface area contributed by atoms with Crippen molar-refractivity contribution in [2.45, 2.75) is 6.61 Å². The molecule has 0 saturated carbocycles. The van der Waals surface area contributed by atoms with Crippen molar-refractivity contribution < 1.29 is 18.7 Å². The van der Waals surface area contributed by atoms with Gasteiger partial charge in [-0.2, -0.15) is 0 Å². The van der Waals surface area contributed by atoms with Gasteiger partial charge in [0.25, 0.3) is 5.91 Å². The van der Waals surface area contributed by atoms with Crippen LogP contribution in [0.5, 0.6) is 11.5 Å². The zero-order chi connectivity index (χ0) is 13.9. The van der Waals surface area contributed by atoms with Crippen LogP contribution in [0.15, 0.2) is 36.7 Å². The molecule has 1 amide bonds. The highest BCUT2D eigenvalue weighted by molar-refractivity contribution is 5.97. The first-order valence-electron chi connectivity index (χ1n) is 6.00. The van der Waals surface area contributed by atoms with Crippen LogP contribution in [-0.2, 0) is 11.4 Å². The van der Waals surface area contributed by atoms with Gasteiger partial charge in [-0.25, -0.2) is 4.39 Å². The van der Waals surface area contributed by atoms with Crippen molar-refractivity contribution in [3.05, 3.63) is 48.0 Å². The van der Waals surface area contributed by atoms with E-state index in [1.807, 2.05) is 0 Å². The van der Waals surface area contributed by atoms with Crippen LogP contribution in [0.25, 0.3) is 0 Å². The minimum atomic E-state index is -0.419. The number of nitrogens with zero attached hydrogens (tertiary/aromatic N) is 1. The number of fused-ring (bicyclic) bond motifs is 1. The molecule has 1 N–H and O–H groups in total. The number of nitrogens with one attached hydrogen (secondary N) is 1. The third-order valence-corrected chi connectivity index (χ3v) is 2.77. The number of anilines is 1. The van der Waals surface area contributed by atoms with Crippen LogP contribution in [0.3, 0.4) is 0 Å². The maximum Gasteiger partial charge on any atom is 0.262 e. The van der Waals surface area contributed by atoms with Crippen LogP contribution in [0, 0.1) is 5.82 Å². The van der Waals surface area contributed by atoms with Crippen molar-refractivity contribution in [1.82, 2.24) is 4.98 Å². The molecule has 102 valence electrons. The van der Waals surface area contributed by atoms with Crippen LogP contribution < -0.4 is 14.8 Å². The molecule has 1 aromatic heterocycles. The van der Waals surface area contributed by atoms with Gasteiger partial charge in [-0.1, -0.05) is 6.07 Å². The van der Waals surface area contributed by atoms with Crippen LogP contribution in [0.2, 0.25) is 0 Å². The molecule has 1 aliphatic heterocycles. The van der Waals surface area contributed by atoms with E-state index in [4.69, 9.17) is 9.47 Å². The monoisotopic (exact) mass is 274 g/mol. The Morgan fingerprint density at radius 1 is 1.40 bits per heavy atom. The summed E-state index contributed by atoms with van der Waals surface area (Å²) in [5.74, 6) is 0.373. The van der Waals surface area contributed by atoms with Crippen molar-refractivity contribution in [2.24, 2.45) is 0 Å². The molecule has 1 aliphatic rings. The zero-order valence-corrected chi connectivity index (χ0v) is 10.4. The Hall–Kier alpha value is -2.63. The number of aromatic nitrogens is 1. The number of carbonyl (C=O) groups excluding carboxylic acids is 1. The molecule has 2 aromatic rings. The quantitative estimate of drug-likeness (QED) is 0.931. The third-order valence-electron chi connectivity index (χ3n) is 2.77. The highest BCUT2D eigenvalue weighted by Crippen LogP contribution is 2.36. The van der Waals surface area contributed by atoms with Gasteiger partial charge in [0, 0.05) is 11.8 Å². The van der Waals surface area contributed by atoms with Gasteiger partial charge >= 0.3 is 0 Å². The number of rotatable bonds is 3. The van der Waals surface area contributed by atoms with Crippen molar-refractivity contribution in [2.75, 3.05) is 11.9 Å². The van der Waals surface area contributed by atoms with Gasteiger partial charge in [0.2, 0.25) is 0 Å². The summed E-state index contributed by atoms with van der Waals surface area (Å²) in [6, 6.07) is 6.55. The number of pyridine rings is 1. The number of ether oxygens (including phenoxy) is 2. The maximum atomic E-state index is 13.0. The van der Waals surface area contributed by atoms with Gasteiger partial charge in [-0.3, -0.25) is 9.78 Å². The van der Waals surface area contributed by atoms with E-state index in [0.29, 0.717) is 22.7 Å². The molecular formula is C14H11FN2O3. The van der Waals surface area contributed by atoms with E-state index in [-0.39, 0.29) is 19.1 Å². The van der Waals surface area contributed by atoms with Gasteiger partial charge in [0.15, 0.2) is 6.61 Å². The maximum absolute atomic E-state index is 13.0. The molecule has 0 saturated heterocycles. The predicted octanol–water partition coefficient (Wildman–Crippen LogP) is 2.13. The van der Waals surface area contributed by atoms with Gasteiger partial charge in [0.05, 0.1) is 6.20 Å². The first-order valence-corrected chi connectivity index (χ1v) is 6.00. The third kappa shape index (κ3) is 2.54. The van der Waals surface area contributed by atoms with E-state index < -0.39 is 5.82 Å². The molecule has 0 bridgehead atoms. The molecule has 0 atom stereocenters. The smallest absolute Gasteiger partial charge is 0.262 e. The summed E-state index contributed by atoms with van der Waals surface area (Å²) in [6.45, 7) is 0.140. The summed E-state index contributed by atoms with van der Waals surface area (Å²) in [5.41, 5.74) is 1.10. The fourth-order valence-electron chi connectivity index (χ4n) is 1.89. The second kappa shape index (κ2) is 5.16. The number of hydrogen-bond donors (Lipinski definition) is 1. The average Bonchev–Trinajstić information content (AvgIpc) is 2.45. The number of halogens is 1. The van der Waals surface area contributed by atoms with E-state index in [1.54, 1.807) is 18.2 Å². The van der Waals surface area contributed by atoms with Gasteiger partial charge in [0.1, 0.15) is 29.6 Å². The predicted molar refractivity (Wildman–Crippen MR) is 69.1 cm³/mol. The zero-order valence-electron chi connectivity index (χ0n) is 10.4. The average molecular weight is 274 g/mol. The molecule has 2 heterocycles. The number of benzene rings is 1. The van der Waals surface area contributed by atoms with E-state index in [9.17, 15) is 9.18 Å². The Balaban J connectivity index is 1.80. The summed E-state index contributed by atoms with van der Waals surface area (Å²) < 4.78 is 23.9. The Kier molecular flexibility index (Phi) is 3.20. The minimum absolute atomic E-state index is 0.00965. The molecule has 0 radical (unpaired) electrons. The first kappa shape index (κ1) is 12.4. The van der Waals surface area contributed by atoms with E-state index in [0.717, 1.165) is 6.20 Å². The largest absolute Gasteiger partial charge is 0.487 e. The molecule has 20 heavy (non-hydrogen) atoms. The van der Waals surface area contributed by atoms with Crippen molar-refractivity contribution in [1.29, 1.82) is 0 Å². The normalized spacial score (nSPS) is 13.2. The number of carbonyl (C=O) groups is 1. The van der Waals surface area contributed by atoms with E-state index in [1.165, 1.54) is 12.3 Å². The molecule has 5 nitrogen and oxygen atoms in total. The standard InChI is InChI=1S/C14H11FN2O3/c15-10-4-9(5-16-6-10)7-19-11-2-1-3-12-14(11)17-13(18)8-20-12/h1-6H,7-8H2,(H,17,18). The summed E-state index contributed by atoms with van der Waals surface area (Å²) >= 11 is 0. The lowest BCUT2D eigenvalue weighted by Crippen LogP contribution is -2.25. The molecule has 0 spiro atoms. The second-order valence-corrected chi connectivity index (χ2v) is 4.27. The highest BCUT2D eigenvalue weighted by Gasteiger charge is 2.19. The molecule has 1 aromatic carbocycles. The summed E-state index contributed by atoms with van der Waals surface area (Å²) in [6.07, 6.45) is 2.65. The molecule has 0 fully saturated rings. The fourth-order valence-corrected chi connectivity index (χ4v) is 1.89. The fraction of sp³-hybridized carbons (Fsp3) is 0.143. The first-order chi connectivity index (χ1) is 9.72. The van der Waals surface area contributed by atoms with Gasteiger partial charge in [-0.15, -0.1) is 0 Å². The van der Waals surface area contributed by atoms with Crippen molar-refractivity contribution in [3.8, 4) is 11.5 Å². The van der Waals surface area contributed by atoms with Crippen LogP contribution in [0.1, 0.15) is 5.56 Å². The second-order valence-electron chi connectivity index (χ2n) is 4.27. The van der Waals surface area contributed by atoms with Crippen LogP contribution in [0.4, 0.5) is 10.1 Å². The lowest BCUT2D eigenvalue weighted by molar-refractivity contribution is -0.118. The van der Waals surface area contributed by atoms with Crippen molar-refractivity contribution in [3.63, 3.8) is 0 Å². The summed E-state index contributed by atoms with van der Waals surface area (Å²) in [7, 11) is 0. The van der Waals surface area contributed by atoms with Gasteiger partial charge < -0.3 is 14.8 Å². The Morgan fingerprint density at radius 3 is 3.15 bits per heavy atom. The highest BCUT2D eigenvalue weighted by atomic mass is 19.1. The minimum Gasteiger partial charge on any atom is -0.487 e. The van der Waals surface area contributed by atoms with E-state index in [2.05, 4.69) is 10.3 Å². The molecule has 0 unspecified atom stereocenters. The Morgan fingerprint density at radius 2 is 2.30 bits per heavy atom. The van der Waals surface area contributed by atoms with Crippen LogP contribution in [-0.4, -0.2) is 17.5 Å². The van der Waals surface area contributed by atoms with Gasteiger partial charge in [-0.05, 0) is 18.2 Å². The summed E-state index contributed by atoms with van der Waals surface area (Å²) in [5, 5.41) is 2.70.